The lowest BCUT2D eigenvalue weighted by atomic mass is 10.2. The van der Waals surface area contributed by atoms with E-state index >= 15 is 0 Å². The number of rotatable bonds is 4. The smallest absolute Gasteiger partial charge is 0.180 e. The highest BCUT2D eigenvalue weighted by Gasteiger charge is 2.14. The summed E-state index contributed by atoms with van der Waals surface area (Å²) in [5.41, 5.74) is 2.02. The Hall–Kier alpha value is -1.30. The maximum absolute atomic E-state index is 12.2. The van der Waals surface area contributed by atoms with Crippen LogP contribution in [0.15, 0.2) is 51.6 Å². The van der Waals surface area contributed by atoms with Crippen molar-refractivity contribution in [3.63, 3.8) is 0 Å². The Balaban J connectivity index is 1.78. The van der Waals surface area contributed by atoms with Crippen molar-refractivity contribution in [1.29, 1.82) is 0 Å². The van der Waals surface area contributed by atoms with Gasteiger partial charge in [-0.25, -0.2) is 4.98 Å². The summed E-state index contributed by atoms with van der Waals surface area (Å²) < 4.78 is 0.868. The van der Waals surface area contributed by atoms with Gasteiger partial charge >= 0.3 is 0 Å². The number of thiophene rings is 1. The first-order chi connectivity index (χ1) is 9.74. The van der Waals surface area contributed by atoms with Gasteiger partial charge in [0.15, 0.2) is 5.78 Å². The van der Waals surface area contributed by atoms with E-state index in [1.165, 1.54) is 22.7 Å². The van der Waals surface area contributed by atoms with Crippen LogP contribution >= 0.6 is 38.6 Å². The Morgan fingerprint density at radius 3 is 2.65 bits per heavy atom. The minimum Gasteiger partial charge on any atom is -0.293 e. The van der Waals surface area contributed by atoms with Crippen LogP contribution in [0.2, 0.25) is 0 Å². The normalized spacial score (nSPS) is 10.7. The number of carbonyl (C=O) groups is 1. The highest BCUT2D eigenvalue weighted by atomic mass is 79.9. The van der Waals surface area contributed by atoms with E-state index < -0.39 is 0 Å². The number of aromatic nitrogens is 1. The molecular weight excluding hydrogens is 354 g/mol. The predicted octanol–water partition coefficient (Wildman–Crippen LogP) is 5.06. The predicted molar refractivity (Wildman–Crippen MR) is 87.6 cm³/mol. The highest BCUT2D eigenvalue weighted by molar-refractivity contribution is 9.10. The molecule has 2 heterocycles. The van der Waals surface area contributed by atoms with E-state index in [0.29, 0.717) is 6.42 Å². The molecule has 2 nitrogen and oxygen atoms in total. The lowest BCUT2D eigenvalue weighted by Crippen LogP contribution is -2.01. The molecular formula is C15H10BrNOS2. The van der Waals surface area contributed by atoms with Crippen LogP contribution in [0.3, 0.4) is 0 Å². The van der Waals surface area contributed by atoms with Crippen LogP contribution in [-0.4, -0.2) is 10.8 Å². The van der Waals surface area contributed by atoms with Gasteiger partial charge in [-0.3, -0.25) is 4.79 Å². The second-order valence-corrected chi connectivity index (χ2v) is 6.90. The Morgan fingerprint density at radius 1 is 1.15 bits per heavy atom. The lowest BCUT2D eigenvalue weighted by Gasteiger charge is -1.96. The summed E-state index contributed by atoms with van der Waals surface area (Å²) in [6.07, 6.45) is 0.358. The number of ketones is 1. The molecule has 0 saturated carbocycles. The van der Waals surface area contributed by atoms with Crippen molar-refractivity contribution in [3.05, 3.63) is 61.5 Å². The number of thiazole rings is 1. The van der Waals surface area contributed by atoms with Crippen molar-refractivity contribution in [3.8, 4) is 11.3 Å². The maximum Gasteiger partial charge on any atom is 0.180 e. The number of carbonyl (C=O) groups excluding carboxylic acids is 1. The zero-order valence-corrected chi connectivity index (χ0v) is 13.6. The first kappa shape index (κ1) is 13.7. The van der Waals surface area contributed by atoms with E-state index in [1.54, 1.807) is 0 Å². The Morgan fingerprint density at radius 2 is 1.95 bits per heavy atom. The van der Waals surface area contributed by atoms with E-state index in [9.17, 15) is 4.79 Å². The number of hydrogen-bond donors (Lipinski definition) is 0. The molecule has 2 aromatic heterocycles. The number of benzene rings is 1. The van der Waals surface area contributed by atoms with Crippen LogP contribution in [0.4, 0.5) is 0 Å². The summed E-state index contributed by atoms with van der Waals surface area (Å²) in [6, 6.07) is 11.9. The summed E-state index contributed by atoms with van der Waals surface area (Å²) in [6.45, 7) is 0. The highest BCUT2D eigenvalue weighted by Crippen LogP contribution is 2.26. The van der Waals surface area contributed by atoms with Crippen LogP contribution < -0.4 is 0 Å². The molecule has 0 spiro atoms. The molecule has 20 heavy (non-hydrogen) atoms. The molecule has 0 fully saturated rings. The van der Waals surface area contributed by atoms with Gasteiger partial charge in [0.2, 0.25) is 0 Å². The Bertz CT molecular complexity index is 733. The van der Waals surface area contributed by atoms with Crippen molar-refractivity contribution in [2.24, 2.45) is 0 Å². The summed E-state index contributed by atoms with van der Waals surface area (Å²) in [5.74, 6) is 0.112. The zero-order chi connectivity index (χ0) is 13.9. The molecule has 5 heteroatoms. The zero-order valence-electron chi connectivity index (χ0n) is 10.4. The summed E-state index contributed by atoms with van der Waals surface area (Å²) >= 11 is 6.39. The summed E-state index contributed by atoms with van der Waals surface area (Å²) in [4.78, 5) is 17.5. The van der Waals surface area contributed by atoms with Crippen LogP contribution in [0.1, 0.15) is 14.7 Å². The molecule has 0 unspecified atom stereocenters. The van der Waals surface area contributed by atoms with Gasteiger partial charge in [0.05, 0.1) is 17.0 Å². The molecule has 100 valence electrons. The molecule has 0 N–H and O–H groups in total. The van der Waals surface area contributed by atoms with Crippen molar-refractivity contribution in [2.45, 2.75) is 6.42 Å². The monoisotopic (exact) mass is 363 g/mol. The van der Waals surface area contributed by atoms with Gasteiger partial charge in [-0.15, -0.1) is 22.7 Å². The molecule has 0 aliphatic carbocycles. The van der Waals surface area contributed by atoms with E-state index in [4.69, 9.17) is 0 Å². The van der Waals surface area contributed by atoms with Gasteiger partial charge in [0, 0.05) is 15.4 Å². The number of Topliss-reactive ketones (excluding diaryl/α,β-unsaturated/α-hetero) is 1. The van der Waals surface area contributed by atoms with Crippen LogP contribution in [-0.2, 0) is 6.42 Å². The van der Waals surface area contributed by atoms with E-state index in [-0.39, 0.29) is 5.78 Å². The fraction of sp³-hybridized carbons (Fsp3) is 0.0667. The SMILES string of the molecule is O=C(Cc1nc(-c2ccccc2)cs1)c1sccc1Br. The maximum atomic E-state index is 12.2. The summed E-state index contributed by atoms with van der Waals surface area (Å²) in [7, 11) is 0. The average Bonchev–Trinajstić information content (AvgIpc) is 3.09. The van der Waals surface area contributed by atoms with Crippen molar-refractivity contribution in [2.75, 3.05) is 0 Å². The second kappa shape index (κ2) is 5.99. The van der Waals surface area contributed by atoms with E-state index in [0.717, 1.165) is 25.6 Å². The van der Waals surface area contributed by atoms with Gasteiger partial charge in [-0.1, -0.05) is 30.3 Å². The fourth-order valence-electron chi connectivity index (χ4n) is 1.84. The van der Waals surface area contributed by atoms with Gasteiger partial charge in [0.25, 0.3) is 0 Å². The van der Waals surface area contributed by atoms with Crippen molar-refractivity contribution < 1.29 is 4.79 Å². The molecule has 0 bridgehead atoms. The van der Waals surface area contributed by atoms with Gasteiger partial charge in [-0.2, -0.15) is 0 Å². The minimum atomic E-state index is 0.112. The van der Waals surface area contributed by atoms with Crippen molar-refractivity contribution in [1.82, 2.24) is 4.98 Å². The number of halogens is 1. The molecule has 3 rings (SSSR count). The third-order valence-corrected chi connectivity index (χ3v) is 5.53. The van der Waals surface area contributed by atoms with Crippen LogP contribution in [0, 0.1) is 0 Å². The molecule has 0 atom stereocenters. The van der Waals surface area contributed by atoms with Gasteiger partial charge in [0.1, 0.15) is 5.01 Å². The molecule has 0 amide bonds. The molecule has 1 aromatic carbocycles. The molecule has 0 radical (unpaired) electrons. The van der Waals surface area contributed by atoms with Crippen LogP contribution in [0.25, 0.3) is 11.3 Å². The van der Waals surface area contributed by atoms with Crippen molar-refractivity contribution >= 4 is 44.4 Å². The first-order valence-corrected chi connectivity index (χ1v) is 8.55. The molecule has 0 aliphatic rings. The minimum absolute atomic E-state index is 0.112. The number of hydrogen-bond acceptors (Lipinski definition) is 4. The molecule has 0 saturated heterocycles. The van der Waals surface area contributed by atoms with Gasteiger partial charge < -0.3 is 0 Å². The summed E-state index contributed by atoms with van der Waals surface area (Å²) in [5, 5.41) is 4.77. The van der Waals surface area contributed by atoms with E-state index in [2.05, 4.69) is 20.9 Å². The van der Waals surface area contributed by atoms with E-state index in [1.807, 2.05) is 47.2 Å². The molecule has 0 aliphatic heterocycles. The average molecular weight is 364 g/mol. The second-order valence-electron chi connectivity index (χ2n) is 4.19. The lowest BCUT2D eigenvalue weighted by molar-refractivity contribution is 0.0996. The first-order valence-electron chi connectivity index (χ1n) is 6.00. The Kier molecular flexibility index (Phi) is 4.10. The number of nitrogens with zero attached hydrogens (tertiary/aromatic N) is 1. The third kappa shape index (κ3) is 2.90. The molecule has 3 aromatic rings. The Labute approximate surface area is 133 Å². The fourth-order valence-corrected chi connectivity index (χ4v) is 4.18. The topological polar surface area (TPSA) is 30.0 Å². The quantitative estimate of drug-likeness (QED) is 0.606. The standard InChI is InChI=1S/C15H10BrNOS2/c16-11-6-7-19-15(11)13(18)8-14-17-12(9-20-14)10-4-2-1-3-5-10/h1-7,9H,8H2. The van der Waals surface area contributed by atoms with Gasteiger partial charge in [-0.05, 0) is 27.4 Å². The van der Waals surface area contributed by atoms with Crippen LogP contribution in [0.5, 0.6) is 0 Å². The largest absolute Gasteiger partial charge is 0.293 e. The third-order valence-electron chi connectivity index (χ3n) is 2.80.